The number of benzene rings is 2. The van der Waals surface area contributed by atoms with E-state index in [0.29, 0.717) is 17.0 Å². The van der Waals surface area contributed by atoms with E-state index in [1.807, 2.05) is 24.3 Å². The molecule has 2 N–H and O–H groups in total. The van der Waals surface area contributed by atoms with E-state index in [0.717, 1.165) is 28.7 Å². The molecule has 1 atom stereocenters. The van der Waals surface area contributed by atoms with Crippen molar-refractivity contribution in [2.75, 3.05) is 5.32 Å². The Morgan fingerprint density at radius 3 is 2.55 bits per heavy atom. The number of rotatable bonds is 5. The van der Waals surface area contributed by atoms with E-state index in [1.54, 1.807) is 29.8 Å². The average Bonchev–Trinajstić information content (AvgIpc) is 3.63. The summed E-state index contributed by atoms with van der Waals surface area (Å²) < 4.78 is 3.94. The fourth-order valence-corrected chi connectivity index (χ4v) is 5.12. The number of nitrogens with zero attached hydrogens (tertiary/aromatic N) is 5. The molecule has 3 amide bonds. The van der Waals surface area contributed by atoms with Gasteiger partial charge in [0.2, 0.25) is 11.8 Å². The molecule has 1 unspecified atom stereocenters. The van der Waals surface area contributed by atoms with Crippen molar-refractivity contribution in [1.29, 1.82) is 0 Å². The quantitative estimate of drug-likeness (QED) is 0.348. The lowest BCUT2D eigenvalue weighted by molar-refractivity contribution is -0.135. The predicted molar refractivity (Wildman–Crippen MR) is 141 cm³/mol. The van der Waals surface area contributed by atoms with Crippen molar-refractivity contribution < 1.29 is 14.4 Å². The number of aromatic nitrogens is 5. The molecule has 2 aliphatic rings. The van der Waals surface area contributed by atoms with Gasteiger partial charge in [-0.2, -0.15) is 0 Å². The van der Waals surface area contributed by atoms with Crippen molar-refractivity contribution in [3.8, 4) is 5.69 Å². The van der Waals surface area contributed by atoms with Gasteiger partial charge < -0.3 is 5.32 Å². The molecule has 1 saturated heterocycles. The van der Waals surface area contributed by atoms with E-state index in [9.17, 15) is 19.2 Å². The van der Waals surface area contributed by atoms with Crippen molar-refractivity contribution in [3.63, 3.8) is 0 Å². The van der Waals surface area contributed by atoms with Gasteiger partial charge in [0.1, 0.15) is 17.4 Å². The van der Waals surface area contributed by atoms with Crippen molar-refractivity contribution in [1.82, 2.24) is 29.9 Å². The second-order valence-electron chi connectivity index (χ2n) is 9.44. The van der Waals surface area contributed by atoms with Crippen LogP contribution in [0.3, 0.4) is 0 Å². The van der Waals surface area contributed by atoms with E-state index in [4.69, 9.17) is 0 Å². The summed E-state index contributed by atoms with van der Waals surface area (Å²) in [6.45, 7) is 1.62. The molecule has 6 rings (SSSR count). The molecular formula is C26H22BrN7O4. The molecule has 4 aromatic rings. The lowest BCUT2D eigenvalue weighted by atomic mass is 10.1. The van der Waals surface area contributed by atoms with Crippen LogP contribution in [-0.2, 0) is 9.59 Å². The summed E-state index contributed by atoms with van der Waals surface area (Å²) in [4.78, 5) is 55.5. The van der Waals surface area contributed by atoms with Gasteiger partial charge in [-0.15, -0.1) is 5.10 Å². The number of nitrogens with one attached hydrogen (secondary N) is 2. The van der Waals surface area contributed by atoms with E-state index < -0.39 is 23.4 Å². The average molecular weight is 576 g/mol. The first-order valence-electron chi connectivity index (χ1n) is 12.2. The summed E-state index contributed by atoms with van der Waals surface area (Å²) in [5.41, 5.74) is 2.01. The van der Waals surface area contributed by atoms with Gasteiger partial charge in [-0.1, -0.05) is 27.2 Å². The van der Waals surface area contributed by atoms with Crippen LogP contribution in [-0.4, -0.2) is 42.3 Å². The van der Waals surface area contributed by atoms with Crippen molar-refractivity contribution in [2.45, 2.75) is 44.6 Å². The summed E-state index contributed by atoms with van der Waals surface area (Å²) in [6.07, 6.45) is 2.24. The minimum Gasteiger partial charge on any atom is -0.319 e. The minimum absolute atomic E-state index is 0.140. The Morgan fingerprint density at radius 2 is 1.84 bits per heavy atom. The van der Waals surface area contributed by atoms with Crippen LogP contribution in [0.4, 0.5) is 5.69 Å². The van der Waals surface area contributed by atoms with Gasteiger partial charge in [-0.3, -0.25) is 29.1 Å². The molecule has 2 aromatic heterocycles. The van der Waals surface area contributed by atoms with Gasteiger partial charge in [-0.05, 0) is 62.6 Å². The number of anilines is 1. The fourth-order valence-electron chi connectivity index (χ4n) is 4.85. The van der Waals surface area contributed by atoms with Crippen LogP contribution in [0.15, 0.2) is 51.7 Å². The molecule has 0 radical (unpaired) electrons. The molecule has 0 bridgehead atoms. The molecule has 2 fully saturated rings. The van der Waals surface area contributed by atoms with Gasteiger partial charge in [0.05, 0.1) is 22.5 Å². The second kappa shape index (κ2) is 9.28. The zero-order valence-electron chi connectivity index (χ0n) is 20.3. The largest absolute Gasteiger partial charge is 0.319 e. The third kappa shape index (κ3) is 4.20. The maximum Gasteiger partial charge on any atom is 0.278 e. The van der Waals surface area contributed by atoms with E-state index in [2.05, 4.69) is 41.9 Å². The van der Waals surface area contributed by atoms with Crippen molar-refractivity contribution in [3.05, 3.63) is 74.5 Å². The first-order valence-corrected chi connectivity index (χ1v) is 13.0. The lowest BCUT2D eigenvalue weighted by Crippen LogP contribution is -2.45. The Hall–Kier alpha value is -4.19. The number of hydrogen-bond donors (Lipinski definition) is 2. The Balaban J connectivity index is 1.36. The normalized spacial score (nSPS) is 17.5. The summed E-state index contributed by atoms with van der Waals surface area (Å²) in [6, 6.07) is 11.7. The number of hydrogen-bond acceptors (Lipinski definition) is 7. The van der Waals surface area contributed by atoms with Gasteiger partial charge in [0.15, 0.2) is 5.69 Å². The summed E-state index contributed by atoms with van der Waals surface area (Å²) in [7, 11) is 0. The molecule has 2 aromatic carbocycles. The number of aryl methyl sites for hydroxylation is 1. The first-order chi connectivity index (χ1) is 18.3. The molecule has 192 valence electrons. The molecule has 11 nitrogen and oxygen atoms in total. The third-order valence-corrected chi connectivity index (χ3v) is 7.36. The summed E-state index contributed by atoms with van der Waals surface area (Å²) in [5.74, 6) is -0.852. The zero-order chi connectivity index (χ0) is 26.6. The molecular weight excluding hydrogens is 554 g/mol. The lowest BCUT2D eigenvalue weighted by Gasteiger charge is -2.24. The Morgan fingerprint density at radius 1 is 1.08 bits per heavy atom. The maximum atomic E-state index is 13.4. The first kappa shape index (κ1) is 24.2. The number of para-hydroxylation sites is 1. The third-order valence-electron chi connectivity index (χ3n) is 6.83. The topological polar surface area (TPSA) is 141 Å². The highest BCUT2D eigenvalue weighted by Gasteiger charge is 2.35. The van der Waals surface area contributed by atoms with Crippen LogP contribution in [0.5, 0.6) is 0 Å². The molecule has 0 spiro atoms. The van der Waals surface area contributed by atoms with Gasteiger partial charge in [-0.25, -0.2) is 9.67 Å². The number of piperidine rings is 1. The number of imide groups is 1. The number of amides is 3. The zero-order valence-corrected chi connectivity index (χ0v) is 21.9. The summed E-state index contributed by atoms with van der Waals surface area (Å²) >= 11 is 3.43. The van der Waals surface area contributed by atoms with Crippen LogP contribution in [0, 0.1) is 6.92 Å². The highest BCUT2D eigenvalue weighted by Crippen LogP contribution is 2.42. The SMILES string of the molecule is Cc1nc2c(NC(=O)c3nnn(-c4ccc(Br)cc4)c3C3CC3)cccc2c(=O)n1C1CCC(=O)NC1=O. The van der Waals surface area contributed by atoms with E-state index in [-0.39, 0.29) is 35.7 Å². The van der Waals surface area contributed by atoms with Crippen molar-refractivity contribution in [2.24, 2.45) is 0 Å². The van der Waals surface area contributed by atoms with E-state index >= 15 is 0 Å². The fraction of sp³-hybridized carbons (Fsp3) is 0.269. The molecule has 3 heterocycles. The molecule has 1 saturated carbocycles. The van der Waals surface area contributed by atoms with Crippen LogP contribution in [0.25, 0.3) is 16.6 Å². The van der Waals surface area contributed by atoms with Crippen LogP contribution in [0.1, 0.15) is 59.6 Å². The molecule has 1 aliphatic heterocycles. The molecule has 1 aliphatic carbocycles. The maximum absolute atomic E-state index is 13.4. The Bertz CT molecular complexity index is 1690. The van der Waals surface area contributed by atoms with Gasteiger partial charge in [0.25, 0.3) is 11.5 Å². The van der Waals surface area contributed by atoms with E-state index in [1.165, 1.54) is 4.57 Å². The molecule has 12 heteroatoms. The minimum atomic E-state index is -0.829. The Kier molecular flexibility index (Phi) is 5.90. The van der Waals surface area contributed by atoms with Crippen LogP contribution < -0.4 is 16.2 Å². The highest BCUT2D eigenvalue weighted by atomic mass is 79.9. The smallest absolute Gasteiger partial charge is 0.278 e. The highest BCUT2D eigenvalue weighted by molar-refractivity contribution is 9.10. The number of halogens is 1. The summed E-state index contributed by atoms with van der Waals surface area (Å²) in [5, 5.41) is 13.9. The number of fused-ring (bicyclic) bond motifs is 1. The van der Waals surface area contributed by atoms with Gasteiger partial charge in [0, 0.05) is 16.8 Å². The number of carbonyl (C=O) groups excluding carboxylic acids is 3. The predicted octanol–water partition coefficient (Wildman–Crippen LogP) is 3.16. The van der Waals surface area contributed by atoms with Crippen LogP contribution >= 0.6 is 15.9 Å². The number of carbonyl (C=O) groups is 3. The standard InChI is InChI=1S/C26H22BrN7O4/c1-13-28-21-17(26(38)33(13)19-11-12-20(35)30-24(19)36)3-2-4-18(21)29-25(37)22-23(14-5-6-14)34(32-31-22)16-9-7-15(27)8-10-16/h2-4,7-10,14,19H,5-6,11-12H2,1H3,(H,29,37)(H,30,35,36). The van der Waals surface area contributed by atoms with Crippen LogP contribution in [0.2, 0.25) is 0 Å². The Labute approximate surface area is 224 Å². The second-order valence-corrected chi connectivity index (χ2v) is 10.4. The molecule has 38 heavy (non-hydrogen) atoms. The van der Waals surface area contributed by atoms with Gasteiger partial charge >= 0.3 is 0 Å². The monoisotopic (exact) mass is 575 g/mol. The van der Waals surface area contributed by atoms with Crippen molar-refractivity contribution >= 4 is 50.2 Å².